The maximum atomic E-state index is 5.07. The molecule has 128 valence electrons. The number of methoxy groups -OCH3 is 1. The molecule has 3 heteroatoms. The van der Waals surface area contributed by atoms with Crippen LogP contribution in [0.5, 0.6) is 0 Å². The second-order valence-electron chi connectivity index (χ2n) is 6.47. The zero-order valence-corrected chi connectivity index (χ0v) is 14.9. The number of ether oxygens (including phenoxy) is 1. The van der Waals surface area contributed by atoms with Crippen LogP contribution >= 0.6 is 0 Å². The van der Waals surface area contributed by atoms with Crippen molar-refractivity contribution in [2.24, 2.45) is 0 Å². The van der Waals surface area contributed by atoms with Crippen molar-refractivity contribution in [3.05, 3.63) is 18.2 Å². The van der Waals surface area contributed by atoms with Crippen molar-refractivity contribution in [1.82, 2.24) is 4.98 Å². The Labute approximate surface area is 137 Å². The van der Waals surface area contributed by atoms with Gasteiger partial charge < -0.3 is 4.74 Å². The van der Waals surface area contributed by atoms with E-state index in [2.05, 4.69) is 22.7 Å². The number of nitrogens with one attached hydrogen (secondary N) is 1. The summed E-state index contributed by atoms with van der Waals surface area (Å²) in [5, 5.41) is 0. The number of nitrogens with zero attached hydrogens (tertiary/aromatic N) is 1. The largest absolute Gasteiger partial charge is 0.385 e. The third kappa shape index (κ3) is 9.99. The van der Waals surface area contributed by atoms with Crippen LogP contribution in [0, 0.1) is 6.92 Å². The first-order valence-corrected chi connectivity index (χ1v) is 9.37. The molecule has 1 aromatic heterocycles. The van der Waals surface area contributed by atoms with Crippen LogP contribution in [0.25, 0.3) is 0 Å². The lowest BCUT2D eigenvalue weighted by molar-refractivity contribution is -0.702. The molecule has 1 rings (SSSR count). The highest BCUT2D eigenvalue weighted by atomic mass is 16.5. The number of unbranched alkanes of at least 4 members (excludes halogenated alkanes) is 11. The Bertz CT molecular complexity index is 349. The summed E-state index contributed by atoms with van der Waals surface area (Å²) in [5.41, 5.74) is 0. The first-order chi connectivity index (χ1) is 10.8. The summed E-state index contributed by atoms with van der Waals surface area (Å²) in [4.78, 5) is 3.22. The second-order valence-corrected chi connectivity index (χ2v) is 6.47. The Hall–Kier alpha value is -0.830. The monoisotopic (exact) mass is 309 g/mol. The highest BCUT2D eigenvalue weighted by Crippen LogP contribution is 2.12. The van der Waals surface area contributed by atoms with Gasteiger partial charge in [0, 0.05) is 20.6 Å². The number of aromatic nitrogens is 2. The number of hydrogen-bond acceptors (Lipinski definition) is 1. The van der Waals surface area contributed by atoms with E-state index in [9.17, 15) is 0 Å². The molecule has 1 N–H and O–H groups in total. The molecular formula is C19H37N2O+. The third-order valence-corrected chi connectivity index (χ3v) is 4.47. The quantitative estimate of drug-likeness (QED) is 0.361. The molecule has 0 amide bonds. The average Bonchev–Trinajstić information content (AvgIpc) is 2.93. The predicted octanol–water partition coefficient (Wildman–Crippen LogP) is 4.94. The fourth-order valence-corrected chi connectivity index (χ4v) is 2.98. The SMILES string of the molecule is COCCCCCCCCCCCCCC[n+]1cc[nH]c1C. The first kappa shape index (κ1) is 19.2. The van der Waals surface area contributed by atoms with E-state index in [4.69, 9.17) is 4.74 Å². The van der Waals surface area contributed by atoms with Gasteiger partial charge in [-0.15, -0.1) is 0 Å². The van der Waals surface area contributed by atoms with Crippen LogP contribution in [0.2, 0.25) is 0 Å². The van der Waals surface area contributed by atoms with E-state index < -0.39 is 0 Å². The van der Waals surface area contributed by atoms with Gasteiger partial charge in [-0.25, -0.2) is 9.55 Å². The van der Waals surface area contributed by atoms with E-state index in [-0.39, 0.29) is 0 Å². The summed E-state index contributed by atoms with van der Waals surface area (Å²) in [7, 11) is 1.79. The van der Waals surface area contributed by atoms with Gasteiger partial charge in [0.1, 0.15) is 12.4 Å². The van der Waals surface area contributed by atoms with Crippen LogP contribution in [0.4, 0.5) is 0 Å². The van der Waals surface area contributed by atoms with Gasteiger partial charge in [-0.2, -0.15) is 0 Å². The molecule has 22 heavy (non-hydrogen) atoms. The predicted molar refractivity (Wildman–Crippen MR) is 93.0 cm³/mol. The molecule has 0 unspecified atom stereocenters. The van der Waals surface area contributed by atoms with Gasteiger partial charge in [0.05, 0.1) is 6.54 Å². The van der Waals surface area contributed by atoms with Crippen molar-refractivity contribution in [1.29, 1.82) is 0 Å². The van der Waals surface area contributed by atoms with Crippen molar-refractivity contribution in [3.8, 4) is 0 Å². The Morgan fingerprint density at radius 3 is 1.77 bits per heavy atom. The topological polar surface area (TPSA) is 28.9 Å². The van der Waals surface area contributed by atoms with Gasteiger partial charge in [-0.3, -0.25) is 0 Å². The lowest BCUT2D eigenvalue weighted by Gasteiger charge is -2.03. The summed E-state index contributed by atoms with van der Waals surface area (Å²) >= 11 is 0. The highest BCUT2D eigenvalue weighted by Gasteiger charge is 2.02. The average molecular weight is 310 g/mol. The van der Waals surface area contributed by atoms with Crippen LogP contribution < -0.4 is 4.57 Å². The van der Waals surface area contributed by atoms with Gasteiger partial charge in [0.25, 0.3) is 5.82 Å². The standard InChI is InChI=1S/C19H36N2O/c1-19-20-15-17-21(19)16-13-11-9-7-5-3-4-6-8-10-12-14-18-22-2/h15,17H,3-14,16,18H2,1-2H3/p+1. The molecule has 0 aliphatic carbocycles. The van der Waals surface area contributed by atoms with Gasteiger partial charge in [-0.05, 0) is 19.3 Å². The first-order valence-electron chi connectivity index (χ1n) is 9.37. The van der Waals surface area contributed by atoms with Gasteiger partial charge in [0.2, 0.25) is 0 Å². The van der Waals surface area contributed by atoms with E-state index in [1.807, 2.05) is 6.20 Å². The van der Waals surface area contributed by atoms with Crippen molar-refractivity contribution >= 4 is 0 Å². The third-order valence-electron chi connectivity index (χ3n) is 4.47. The number of H-pyrrole nitrogens is 1. The minimum Gasteiger partial charge on any atom is -0.385 e. The normalized spacial score (nSPS) is 11.2. The van der Waals surface area contributed by atoms with E-state index >= 15 is 0 Å². The molecule has 0 aromatic carbocycles. The molecule has 0 spiro atoms. The molecule has 0 fully saturated rings. The number of aryl methyl sites for hydroxylation is 2. The van der Waals surface area contributed by atoms with Crippen molar-refractivity contribution in [3.63, 3.8) is 0 Å². The second kappa shape index (κ2) is 13.8. The smallest absolute Gasteiger partial charge is 0.251 e. The van der Waals surface area contributed by atoms with Crippen LogP contribution in [0.1, 0.15) is 82.9 Å². The number of rotatable bonds is 15. The van der Waals surface area contributed by atoms with Crippen LogP contribution in [0.3, 0.4) is 0 Å². The van der Waals surface area contributed by atoms with Crippen LogP contribution in [-0.4, -0.2) is 18.7 Å². The van der Waals surface area contributed by atoms with E-state index in [0.29, 0.717) is 0 Å². The van der Waals surface area contributed by atoms with Gasteiger partial charge in [-0.1, -0.05) is 57.8 Å². The molecule has 0 radical (unpaired) electrons. The highest BCUT2D eigenvalue weighted by molar-refractivity contribution is 4.70. The molecule has 3 nitrogen and oxygen atoms in total. The number of imidazole rings is 1. The van der Waals surface area contributed by atoms with Gasteiger partial charge in [0.15, 0.2) is 0 Å². The zero-order valence-electron chi connectivity index (χ0n) is 14.9. The Balaban J connectivity index is 1.74. The van der Waals surface area contributed by atoms with Crippen LogP contribution in [0.15, 0.2) is 12.4 Å². The number of aromatic amines is 1. The molecule has 1 aromatic rings. The Kier molecular flexibility index (Phi) is 12.1. The fourth-order valence-electron chi connectivity index (χ4n) is 2.98. The maximum Gasteiger partial charge on any atom is 0.251 e. The summed E-state index contributed by atoms with van der Waals surface area (Å²) < 4.78 is 7.38. The molecule has 0 atom stereocenters. The zero-order chi connectivity index (χ0) is 15.9. The Morgan fingerprint density at radius 1 is 0.818 bits per heavy atom. The van der Waals surface area contributed by atoms with E-state index in [1.54, 1.807) is 7.11 Å². The van der Waals surface area contributed by atoms with Gasteiger partial charge >= 0.3 is 0 Å². The fraction of sp³-hybridized carbons (Fsp3) is 0.842. The molecule has 1 heterocycles. The summed E-state index contributed by atoms with van der Waals surface area (Å²) in [6.45, 7) is 4.23. The molecular weight excluding hydrogens is 272 g/mol. The minimum absolute atomic E-state index is 0.933. The van der Waals surface area contributed by atoms with Crippen molar-refractivity contribution in [2.75, 3.05) is 13.7 Å². The number of hydrogen-bond donors (Lipinski definition) is 1. The lowest BCUT2D eigenvalue weighted by atomic mass is 10.1. The minimum atomic E-state index is 0.933. The molecule has 0 aliphatic rings. The molecule has 0 saturated heterocycles. The molecule has 0 saturated carbocycles. The Morgan fingerprint density at radius 2 is 1.32 bits per heavy atom. The van der Waals surface area contributed by atoms with E-state index in [0.717, 1.165) is 6.61 Å². The van der Waals surface area contributed by atoms with Crippen molar-refractivity contribution in [2.45, 2.75) is 90.5 Å². The lowest BCUT2D eigenvalue weighted by Crippen LogP contribution is -2.34. The summed E-state index contributed by atoms with van der Waals surface area (Å²) in [5.74, 6) is 1.27. The van der Waals surface area contributed by atoms with E-state index in [1.165, 1.54) is 89.4 Å². The molecule has 0 aliphatic heterocycles. The summed E-state index contributed by atoms with van der Waals surface area (Å²) in [6.07, 6.45) is 20.8. The molecule has 0 bridgehead atoms. The summed E-state index contributed by atoms with van der Waals surface area (Å²) in [6, 6.07) is 0. The maximum absolute atomic E-state index is 5.07. The van der Waals surface area contributed by atoms with Crippen LogP contribution in [-0.2, 0) is 11.3 Å². The van der Waals surface area contributed by atoms with Crippen molar-refractivity contribution < 1.29 is 9.30 Å².